The number of ketones is 2. The fraction of sp³-hybridized carbons (Fsp3) is 0.286. The van der Waals surface area contributed by atoms with Crippen molar-refractivity contribution in [1.29, 1.82) is 0 Å². The molecule has 0 amide bonds. The van der Waals surface area contributed by atoms with Gasteiger partial charge in [0.2, 0.25) is 5.70 Å². The van der Waals surface area contributed by atoms with Crippen LogP contribution in [0.4, 0.5) is 0 Å². The highest BCUT2D eigenvalue weighted by molar-refractivity contribution is 6.16. The molecule has 2 aliphatic rings. The normalized spacial score (nSPS) is 25.4. The molecule has 0 saturated carbocycles. The van der Waals surface area contributed by atoms with Crippen molar-refractivity contribution in [2.45, 2.75) is 12.8 Å². The zero-order valence-electron chi connectivity index (χ0n) is 10.0. The molecule has 1 aromatic rings. The summed E-state index contributed by atoms with van der Waals surface area (Å²) in [5, 5.41) is 10.8. The average Bonchev–Trinajstić information content (AvgIpc) is 2.44. The lowest BCUT2D eigenvalue weighted by Crippen LogP contribution is -2.38. The number of nitrogens with zero attached hydrogens (tertiary/aromatic N) is 1. The van der Waals surface area contributed by atoms with Gasteiger partial charge in [0.05, 0.1) is 4.92 Å². The minimum atomic E-state index is -0.576. The van der Waals surface area contributed by atoms with Gasteiger partial charge in [-0.2, -0.15) is 0 Å². The van der Waals surface area contributed by atoms with Crippen molar-refractivity contribution in [2.24, 2.45) is 11.8 Å². The minimum Gasteiger partial charge on any atom is -0.294 e. The van der Waals surface area contributed by atoms with Gasteiger partial charge in [-0.05, 0) is 12.5 Å². The Bertz CT molecular complexity index is 632. The van der Waals surface area contributed by atoms with Crippen molar-refractivity contribution >= 4 is 11.6 Å². The highest BCUT2D eigenvalue weighted by Crippen LogP contribution is 2.39. The summed E-state index contributed by atoms with van der Waals surface area (Å²) in [5.74, 6) is -1.23. The number of fused-ring (bicyclic) bond motifs is 2. The lowest BCUT2D eigenvalue weighted by Gasteiger charge is -2.31. The first kappa shape index (κ1) is 11.8. The van der Waals surface area contributed by atoms with E-state index >= 15 is 0 Å². The molecular weight excluding hydrogens is 246 g/mol. The van der Waals surface area contributed by atoms with Crippen LogP contribution in [0.3, 0.4) is 0 Å². The summed E-state index contributed by atoms with van der Waals surface area (Å²) in [6.07, 6.45) is 1.80. The SMILES string of the molecule is O=C1c2ccccc2C(=O)C2CC([N+](=O)[O-])=CCC12. The van der Waals surface area contributed by atoms with Gasteiger partial charge in [-0.1, -0.05) is 24.3 Å². The van der Waals surface area contributed by atoms with Crippen molar-refractivity contribution < 1.29 is 14.5 Å². The second-order valence-electron chi connectivity index (χ2n) is 4.88. The summed E-state index contributed by atoms with van der Waals surface area (Å²) in [6.45, 7) is 0. The van der Waals surface area contributed by atoms with Crippen LogP contribution < -0.4 is 0 Å². The number of rotatable bonds is 1. The smallest absolute Gasteiger partial charge is 0.243 e. The van der Waals surface area contributed by atoms with Crippen LogP contribution >= 0.6 is 0 Å². The fourth-order valence-electron chi connectivity index (χ4n) is 2.90. The van der Waals surface area contributed by atoms with E-state index in [0.29, 0.717) is 11.1 Å². The Hall–Kier alpha value is -2.30. The predicted octanol–water partition coefficient (Wildman–Crippen LogP) is 2.25. The van der Waals surface area contributed by atoms with Gasteiger partial charge in [0, 0.05) is 29.4 Å². The van der Waals surface area contributed by atoms with Crippen molar-refractivity contribution in [3.8, 4) is 0 Å². The molecule has 0 bridgehead atoms. The third-order valence-electron chi connectivity index (χ3n) is 3.89. The lowest BCUT2D eigenvalue weighted by molar-refractivity contribution is -0.429. The molecule has 0 spiro atoms. The van der Waals surface area contributed by atoms with E-state index in [0.717, 1.165) is 0 Å². The Morgan fingerprint density at radius 2 is 1.63 bits per heavy atom. The molecule has 0 heterocycles. The predicted molar refractivity (Wildman–Crippen MR) is 66.4 cm³/mol. The molecule has 0 radical (unpaired) electrons. The molecule has 2 aliphatic carbocycles. The maximum absolute atomic E-state index is 12.4. The molecule has 0 saturated heterocycles. The second kappa shape index (κ2) is 4.12. The molecule has 2 unspecified atom stereocenters. The zero-order chi connectivity index (χ0) is 13.6. The van der Waals surface area contributed by atoms with Crippen LogP contribution in [-0.4, -0.2) is 16.5 Å². The third-order valence-corrected chi connectivity index (χ3v) is 3.89. The van der Waals surface area contributed by atoms with Gasteiger partial charge in [0.15, 0.2) is 11.6 Å². The van der Waals surface area contributed by atoms with Gasteiger partial charge < -0.3 is 0 Å². The summed E-state index contributed by atoms with van der Waals surface area (Å²) in [6, 6.07) is 6.71. The van der Waals surface area contributed by atoms with Gasteiger partial charge >= 0.3 is 0 Å². The first-order valence-corrected chi connectivity index (χ1v) is 6.10. The van der Waals surface area contributed by atoms with Gasteiger partial charge in [-0.15, -0.1) is 0 Å². The van der Waals surface area contributed by atoms with Crippen LogP contribution in [0, 0.1) is 22.0 Å². The van der Waals surface area contributed by atoms with E-state index in [9.17, 15) is 19.7 Å². The van der Waals surface area contributed by atoms with E-state index in [1.165, 1.54) is 6.08 Å². The van der Waals surface area contributed by atoms with Gasteiger partial charge in [-0.3, -0.25) is 19.7 Å². The number of Topliss-reactive ketones (excluding diaryl/α,β-unsaturated/α-hetero) is 2. The lowest BCUT2D eigenvalue weighted by atomic mass is 9.69. The van der Waals surface area contributed by atoms with Crippen molar-refractivity contribution in [3.63, 3.8) is 0 Å². The Kier molecular flexibility index (Phi) is 2.55. The number of carbonyl (C=O) groups is 2. The zero-order valence-corrected chi connectivity index (χ0v) is 10.0. The molecule has 0 fully saturated rings. The summed E-state index contributed by atoms with van der Waals surface area (Å²) in [4.78, 5) is 35.0. The standard InChI is InChI=1S/C14H11NO4/c16-13-9-3-1-2-4-10(9)14(17)12-7-8(15(18)19)5-6-11(12)13/h1-5,11-12H,6-7H2. The van der Waals surface area contributed by atoms with Crippen molar-refractivity contribution in [3.05, 3.63) is 57.3 Å². The molecule has 0 aromatic heterocycles. The third kappa shape index (κ3) is 1.69. The molecule has 19 heavy (non-hydrogen) atoms. The van der Waals surface area contributed by atoms with Gasteiger partial charge in [0.1, 0.15) is 0 Å². The average molecular weight is 257 g/mol. The number of hydrogen-bond acceptors (Lipinski definition) is 4. The van der Waals surface area contributed by atoms with E-state index in [1.807, 2.05) is 0 Å². The summed E-state index contributed by atoms with van der Waals surface area (Å²) in [5.41, 5.74) is 0.895. The summed E-state index contributed by atoms with van der Waals surface area (Å²) in [7, 11) is 0. The van der Waals surface area contributed by atoms with Crippen molar-refractivity contribution in [1.82, 2.24) is 0 Å². The van der Waals surface area contributed by atoms with E-state index in [-0.39, 0.29) is 30.1 Å². The minimum absolute atomic E-state index is 0.0433. The van der Waals surface area contributed by atoms with Crippen LogP contribution in [0.1, 0.15) is 33.6 Å². The molecule has 5 heteroatoms. The maximum Gasteiger partial charge on any atom is 0.243 e. The molecule has 0 aliphatic heterocycles. The van der Waals surface area contributed by atoms with E-state index in [1.54, 1.807) is 24.3 Å². The molecule has 2 atom stereocenters. The maximum atomic E-state index is 12.4. The second-order valence-corrected chi connectivity index (χ2v) is 4.88. The number of allylic oxidation sites excluding steroid dienone is 2. The Morgan fingerprint density at radius 3 is 2.21 bits per heavy atom. The topological polar surface area (TPSA) is 77.3 Å². The number of carbonyl (C=O) groups excluding carboxylic acids is 2. The van der Waals surface area contributed by atoms with Gasteiger partial charge in [-0.25, -0.2) is 0 Å². The van der Waals surface area contributed by atoms with Crippen LogP contribution in [0.2, 0.25) is 0 Å². The first-order chi connectivity index (χ1) is 9.09. The summed E-state index contributed by atoms with van der Waals surface area (Å²) < 4.78 is 0. The number of nitro groups is 1. The Balaban J connectivity index is 2.05. The van der Waals surface area contributed by atoms with Crippen LogP contribution in [0.5, 0.6) is 0 Å². The number of benzene rings is 1. The monoisotopic (exact) mass is 257 g/mol. The van der Waals surface area contributed by atoms with Crippen LogP contribution in [-0.2, 0) is 0 Å². The Labute approximate surface area is 109 Å². The first-order valence-electron chi connectivity index (χ1n) is 6.10. The molecule has 0 N–H and O–H groups in total. The van der Waals surface area contributed by atoms with Crippen LogP contribution in [0.25, 0.3) is 0 Å². The van der Waals surface area contributed by atoms with Crippen LogP contribution in [0.15, 0.2) is 36.0 Å². The highest BCUT2D eigenvalue weighted by atomic mass is 16.6. The molecule has 96 valence electrons. The quantitative estimate of drug-likeness (QED) is 0.571. The van der Waals surface area contributed by atoms with Gasteiger partial charge in [0.25, 0.3) is 0 Å². The van der Waals surface area contributed by atoms with E-state index < -0.39 is 16.8 Å². The molecular formula is C14H11NO4. The highest BCUT2D eigenvalue weighted by Gasteiger charge is 2.44. The number of hydrogen-bond donors (Lipinski definition) is 0. The largest absolute Gasteiger partial charge is 0.294 e. The molecule has 5 nitrogen and oxygen atoms in total. The fourth-order valence-corrected chi connectivity index (χ4v) is 2.90. The Morgan fingerprint density at radius 1 is 1.05 bits per heavy atom. The van der Waals surface area contributed by atoms with E-state index in [4.69, 9.17) is 0 Å². The molecule has 3 rings (SSSR count). The summed E-state index contributed by atoms with van der Waals surface area (Å²) >= 11 is 0. The van der Waals surface area contributed by atoms with Crippen molar-refractivity contribution in [2.75, 3.05) is 0 Å². The van der Waals surface area contributed by atoms with E-state index in [2.05, 4.69) is 0 Å². The molecule has 1 aromatic carbocycles.